The van der Waals surface area contributed by atoms with E-state index in [1.165, 1.54) is 17.5 Å². The molecule has 0 fully saturated rings. The molecule has 0 heterocycles. The van der Waals surface area contributed by atoms with Gasteiger partial charge in [0.2, 0.25) is 0 Å². The maximum absolute atomic E-state index is 5.77. The molecule has 1 rings (SSSR count). The maximum atomic E-state index is 5.77. The van der Waals surface area contributed by atoms with E-state index < -0.39 is 0 Å². The predicted octanol–water partition coefficient (Wildman–Crippen LogP) is 2.22. The van der Waals surface area contributed by atoms with E-state index in [0.717, 1.165) is 32.0 Å². The third kappa shape index (κ3) is 6.03. The molecule has 0 saturated heterocycles. The lowest BCUT2D eigenvalue weighted by Gasteiger charge is -2.12. The molecule has 0 aliphatic heterocycles. The zero-order valence-electron chi connectivity index (χ0n) is 12.1. The molecule has 1 N–H and O–H groups in total. The van der Waals surface area contributed by atoms with Crippen molar-refractivity contribution in [2.75, 3.05) is 40.3 Å². The van der Waals surface area contributed by atoms with Gasteiger partial charge >= 0.3 is 0 Å². The second-order valence-electron chi connectivity index (χ2n) is 5.02. The number of nitrogens with one attached hydrogen (secondary N) is 1. The molecule has 0 unspecified atom stereocenters. The Balaban J connectivity index is 2.12. The summed E-state index contributed by atoms with van der Waals surface area (Å²) in [5.41, 5.74) is 2.45. The van der Waals surface area contributed by atoms with Gasteiger partial charge in [-0.2, -0.15) is 0 Å². The van der Waals surface area contributed by atoms with E-state index in [-0.39, 0.29) is 0 Å². The number of nitrogens with zero attached hydrogens (tertiary/aromatic N) is 1. The second-order valence-corrected chi connectivity index (χ2v) is 5.02. The molecule has 3 heteroatoms. The van der Waals surface area contributed by atoms with Crippen molar-refractivity contribution in [3.8, 4) is 5.75 Å². The average Bonchev–Trinajstić information content (AvgIpc) is 2.32. The summed E-state index contributed by atoms with van der Waals surface area (Å²) in [5.74, 6) is 1.00. The molecule has 0 amide bonds. The van der Waals surface area contributed by atoms with E-state index in [1.54, 1.807) is 0 Å². The van der Waals surface area contributed by atoms with Gasteiger partial charge in [0.05, 0.1) is 0 Å². The van der Waals surface area contributed by atoms with E-state index in [1.807, 2.05) is 0 Å². The molecule has 0 spiro atoms. The van der Waals surface area contributed by atoms with Crippen LogP contribution in [0.3, 0.4) is 0 Å². The number of hydrogen-bond donors (Lipinski definition) is 1. The van der Waals surface area contributed by atoms with Crippen LogP contribution in [0.2, 0.25) is 0 Å². The fourth-order valence-electron chi connectivity index (χ4n) is 1.74. The summed E-state index contributed by atoms with van der Waals surface area (Å²) >= 11 is 0. The molecule has 0 aromatic heterocycles. The minimum atomic E-state index is 0.728. The lowest BCUT2D eigenvalue weighted by atomic mass is 10.1. The van der Waals surface area contributed by atoms with Gasteiger partial charge in [0.15, 0.2) is 0 Å². The largest absolute Gasteiger partial charge is 0.492 e. The third-order valence-corrected chi connectivity index (χ3v) is 2.84. The van der Waals surface area contributed by atoms with Gasteiger partial charge in [-0.25, -0.2) is 0 Å². The highest BCUT2D eigenvalue weighted by Gasteiger charge is 1.99. The Bertz CT molecular complexity index is 350. The molecule has 0 saturated carbocycles. The summed E-state index contributed by atoms with van der Waals surface area (Å²) in [4.78, 5) is 2.20. The molecule has 0 aliphatic carbocycles. The molecule has 1 aromatic rings. The highest BCUT2D eigenvalue weighted by atomic mass is 16.5. The molecule has 1 aromatic carbocycles. The summed E-state index contributed by atoms with van der Waals surface area (Å²) in [5, 5.41) is 3.39. The normalized spacial score (nSPS) is 10.9. The van der Waals surface area contributed by atoms with E-state index in [2.05, 4.69) is 56.4 Å². The number of hydrogen-bond acceptors (Lipinski definition) is 3. The van der Waals surface area contributed by atoms with Crippen LogP contribution in [0.25, 0.3) is 0 Å². The molecule has 102 valence electrons. The van der Waals surface area contributed by atoms with Crippen LogP contribution < -0.4 is 10.1 Å². The number of benzene rings is 1. The smallest absolute Gasteiger partial charge is 0.122 e. The maximum Gasteiger partial charge on any atom is 0.122 e. The van der Waals surface area contributed by atoms with Crippen molar-refractivity contribution >= 4 is 0 Å². The molecule has 0 bridgehead atoms. The van der Waals surface area contributed by atoms with E-state index in [0.29, 0.717) is 0 Å². The van der Waals surface area contributed by atoms with Crippen LogP contribution >= 0.6 is 0 Å². The zero-order chi connectivity index (χ0) is 13.4. The van der Waals surface area contributed by atoms with Gasteiger partial charge in [0.25, 0.3) is 0 Å². The van der Waals surface area contributed by atoms with E-state index in [9.17, 15) is 0 Å². The Hall–Kier alpha value is -1.06. The minimum Gasteiger partial charge on any atom is -0.492 e. The quantitative estimate of drug-likeness (QED) is 0.716. The Morgan fingerprint density at radius 3 is 2.67 bits per heavy atom. The zero-order valence-corrected chi connectivity index (χ0v) is 12.1. The van der Waals surface area contributed by atoms with Crippen LogP contribution in [0.4, 0.5) is 0 Å². The van der Waals surface area contributed by atoms with Gasteiger partial charge in [-0.3, -0.25) is 0 Å². The fraction of sp³-hybridized carbons (Fsp3) is 0.600. The monoisotopic (exact) mass is 250 g/mol. The van der Waals surface area contributed by atoms with Gasteiger partial charge in [0, 0.05) is 6.54 Å². The number of aryl methyl sites for hydroxylation is 2. The molecule has 0 radical (unpaired) electrons. The summed E-state index contributed by atoms with van der Waals surface area (Å²) in [7, 11) is 4.20. The minimum absolute atomic E-state index is 0.728. The summed E-state index contributed by atoms with van der Waals surface area (Å²) in [6.45, 7) is 7.98. The van der Waals surface area contributed by atoms with Crippen LogP contribution in [0.1, 0.15) is 17.5 Å². The summed E-state index contributed by atoms with van der Waals surface area (Å²) in [6, 6.07) is 6.32. The fourth-order valence-corrected chi connectivity index (χ4v) is 1.74. The van der Waals surface area contributed by atoms with E-state index >= 15 is 0 Å². The van der Waals surface area contributed by atoms with Crippen molar-refractivity contribution in [2.45, 2.75) is 20.3 Å². The van der Waals surface area contributed by atoms with Crippen molar-refractivity contribution in [2.24, 2.45) is 0 Å². The predicted molar refractivity (Wildman–Crippen MR) is 77.5 cm³/mol. The van der Waals surface area contributed by atoms with Gasteiger partial charge in [-0.05, 0) is 64.6 Å². The third-order valence-electron chi connectivity index (χ3n) is 2.84. The lowest BCUT2D eigenvalue weighted by Crippen LogP contribution is -2.25. The standard InChI is InChI=1S/C15H26N2O/c1-13-6-7-14(2)15(12-13)18-11-9-16-8-5-10-17(3)4/h6-7,12,16H,5,8-11H2,1-4H3. The van der Waals surface area contributed by atoms with Gasteiger partial charge in [0.1, 0.15) is 12.4 Å². The summed E-state index contributed by atoms with van der Waals surface area (Å²) in [6.07, 6.45) is 1.18. The van der Waals surface area contributed by atoms with Crippen molar-refractivity contribution in [3.63, 3.8) is 0 Å². The number of rotatable bonds is 8. The summed E-state index contributed by atoms with van der Waals surface area (Å²) < 4.78 is 5.77. The number of ether oxygens (including phenoxy) is 1. The Labute approximate surface area is 111 Å². The molecule has 0 aliphatic rings. The molecule has 0 atom stereocenters. The van der Waals surface area contributed by atoms with Crippen LogP contribution in [-0.4, -0.2) is 45.2 Å². The van der Waals surface area contributed by atoms with Crippen LogP contribution in [0, 0.1) is 13.8 Å². The topological polar surface area (TPSA) is 24.5 Å². The Morgan fingerprint density at radius 1 is 1.17 bits per heavy atom. The van der Waals surface area contributed by atoms with Gasteiger partial charge in [-0.1, -0.05) is 12.1 Å². The highest BCUT2D eigenvalue weighted by molar-refractivity contribution is 5.35. The SMILES string of the molecule is Cc1ccc(C)c(OCCNCCCN(C)C)c1. The van der Waals surface area contributed by atoms with Crippen LogP contribution in [0.5, 0.6) is 5.75 Å². The first-order chi connectivity index (χ1) is 8.59. The second kappa shape index (κ2) is 8.11. The highest BCUT2D eigenvalue weighted by Crippen LogP contribution is 2.18. The average molecular weight is 250 g/mol. The Kier molecular flexibility index (Phi) is 6.76. The first-order valence-electron chi connectivity index (χ1n) is 6.65. The molecule has 3 nitrogen and oxygen atoms in total. The van der Waals surface area contributed by atoms with Crippen molar-refractivity contribution < 1.29 is 4.74 Å². The first kappa shape index (κ1) is 15.0. The lowest BCUT2D eigenvalue weighted by molar-refractivity contribution is 0.309. The van der Waals surface area contributed by atoms with Crippen molar-refractivity contribution in [3.05, 3.63) is 29.3 Å². The van der Waals surface area contributed by atoms with Crippen LogP contribution in [0.15, 0.2) is 18.2 Å². The molecular formula is C15H26N2O. The Morgan fingerprint density at radius 2 is 1.94 bits per heavy atom. The molecule has 18 heavy (non-hydrogen) atoms. The molecular weight excluding hydrogens is 224 g/mol. The first-order valence-corrected chi connectivity index (χ1v) is 6.65. The van der Waals surface area contributed by atoms with Gasteiger partial charge < -0.3 is 15.0 Å². The van der Waals surface area contributed by atoms with Crippen LogP contribution in [-0.2, 0) is 0 Å². The van der Waals surface area contributed by atoms with Crippen molar-refractivity contribution in [1.82, 2.24) is 10.2 Å². The van der Waals surface area contributed by atoms with E-state index in [4.69, 9.17) is 4.74 Å². The van der Waals surface area contributed by atoms with Crippen molar-refractivity contribution in [1.29, 1.82) is 0 Å². The van der Waals surface area contributed by atoms with Gasteiger partial charge in [-0.15, -0.1) is 0 Å².